The molecule has 0 spiro atoms. The monoisotopic (exact) mass is 325 g/mol. The van der Waals surface area contributed by atoms with Crippen molar-refractivity contribution in [3.8, 4) is 10.6 Å². The fourth-order valence-corrected chi connectivity index (χ4v) is 2.71. The molecule has 3 aromatic rings. The second-order valence-corrected chi connectivity index (χ2v) is 5.37. The standard InChI is InChI=1S/C15H11N5O2S/c16-13(21)10-3-6-18-7-11(10)19-14(22)12-8-23-15(20-12)9-1-4-17-5-2-9/h1-8H,(H2,16,21)(H,19,22). The van der Waals surface area contributed by atoms with Gasteiger partial charge in [0.05, 0.1) is 17.4 Å². The topological polar surface area (TPSA) is 111 Å². The van der Waals surface area contributed by atoms with Crippen LogP contribution in [0.1, 0.15) is 20.8 Å². The number of pyridine rings is 2. The van der Waals surface area contributed by atoms with Crippen LogP contribution in [0.15, 0.2) is 48.4 Å². The summed E-state index contributed by atoms with van der Waals surface area (Å²) in [6.45, 7) is 0. The number of carbonyl (C=O) groups excluding carboxylic acids is 2. The number of hydrogen-bond acceptors (Lipinski definition) is 6. The van der Waals surface area contributed by atoms with Crippen molar-refractivity contribution in [2.45, 2.75) is 0 Å². The summed E-state index contributed by atoms with van der Waals surface area (Å²) in [5, 5.41) is 4.95. The van der Waals surface area contributed by atoms with Crippen LogP contribution < -0.4 is 11.1 Å². The van der Waals surface area contributed by atoms with Gasteiger partial charge in [0.15, 0.2) is 0 Å². The lowest BCUT2D eigenvalue weighted by atomic mass is 10.2. The first-order valence-corrected chi connectivity index (χ1v) is 7.44. The minimum Gasteiger partial charge on any atom is -0.366 e. The highest BCUT2D eigenvalue weighted by Gasteiger charge is 2.15. The average molecular weight is 325 g/mol. The van der Waals surface area contributed by atoms with E-state index in [0.29, 0.717) is 5.01 Å². The molecular formula is C15H11N5O2S. The largest absolute Gasteiger partial charge is 0.366 e. The summed E-state index contributed by atoms with van der Waals surface area (Å²) in [5.74, 6) is -1.07. The second-order valence-electron chi connectivity index (χ2n) is 4.51. The predicted molar refractivity (Wildman–Crippen MR) is 86.1 cm³/mol. The number of hydrogen-bond donors (Lipinski definition) is 2. The molecule has 0 radical (unpaired) electrons. The Kier molecular flexibility index (Phi) is 4.07. The molecule has 7 nitrogen and oxygen atoms in total. The molecule has 0 aliphatic carbocycles. The van der Waals surface area contributed by atoms with Crippen molar-refractivity contribution >= 4 is 28.8 Å². The molecule has 0 aliphatic heterocycles. The van der Waals surface area contributed by atoms with E-state index < -0.39 is 11.8 Å². The van der Waals surface area contributed by atoms with Crippen molar-refractivity contribution in [1.82, 2.24) is 15.0 Å². The molecule has 23 heavy (non-hydrogen) atoms. The first kappa shape index (κ1) is 14.8. The summed E-state index contributed by atoms with van der Waals surface area (Å²) >= 11 is 1.35. The number of amides is 2. The van der Waals surface area contributed by atoms with E-state index in [1.54, 1.807) is 17.8 Å². The molecule has 114 valence electrons. The summed E-state index contributed by atoms with van der Waals surface area (Å²) in [6, 6.07) is 5.07. The first-order valence-electron chi connectivity index (χ1n) is 6.56. The maximum absolute atomic E-state index is 12.3. The number of primary amides is 1. The molecular weight excluding hydrogens is 314 g/mol. The van der Waals surface area contributed by atoms with Crippen molar-refractivity contribution in [1.29, 1.82) is 0 Å². The van der Waals surface area contributed by atoms with Gasteiger partial charge in [0, 0.05) is 29.5 Å². The van der Waals surface area contributed by atoms with Crippen LogP contribution in [0.2, 0.25) is 0 Å². The number of nitrogens with two attached hydrogens (primary N) is 1. The quantitative estimate of drug-likeness (QED) is 0.761. The summed E-state index contributed by atoms with van der Waals surface area (Å²) in [6.07, 6.45) is 6.12. The molecule has 0 unspecified atom stereocenters. The van der Waals surface area contributed by atoms with Gasteiger partial charge >= 0.3 is 0 Å². The number of carbonyl (C=O) groups is 2. The molecule has 0 aromatic carbocycles. The Bertz CT molecular complexity index is 863. The van der Waals surface area contributed by atoms with E-state index >= 15 is 0 Å². The number of anilines is 1. The van der Waals surface area contributed by atoms with E-state index in [-0.39, 0.29) is 16.9 Å². The minimum atomic E-state index is -0.640. The van der Waals surface area contributed by atoms with Gasteiger partial charge in [0.2, 0.25) is 0 Å². The van der Waals surface area contributed by atoms with E-state index in [4.69, 9.17) is 5.73 Å². The second kappa shape index (κ2) is 6.32. The Morgan fingerprint density at radius 3 is 2.57 bits per heavy atom. The van der Waals surface area contributed by atoms with E-state index in [1.165, 1.54) is 29.8 Å². The van der Waals surface area contributed by atoms with E-state index in [9.17, 15) is 9.59 Å². The van der Waals surface area contributed by atoms with Crippen LogP contribution in [0.5, 0.6) is 0 Å². The van der Waals surface area contributed by atoms with Gasteiger partial charge < -0.3 is 11.1 Å². The average Bonchev–Trinajstić information content (AvgIpc) is 3.06. The van der Waals surface area contributed by atoms with E-state index in [2.05, 4.69) is 20.3 Å². The molecule has 0 atom stereocenters. The smallest absolute Gasteiger partial charge is 0.275 e. The third-order valence-electron chi connectivity index (χ3n) is 3.00. The molecule has 0 saturated carbocycles. The molecule has 0 aliphatic rings. The van der Waals surface area contributed by atoms with Gasteiger partial charge in [-0.1, -0.05) is 0 Å². The minimum absolute atomic E-state index is 0.193. The highest BCUT2D eigenvalue weighted by Crippen LogP contribution is 2.23. The van der Waals surface area contributed by atoms with Crippen molar-refractivity contribution in [3.05, 3.63) is 59.6 Å². The number of nitrogens with zero attached hydrogens (tertiary/aromatic N) is 3. The third kappa shape index (κ3) is 3.22. The highest BCUT2D eigenvalue weighted by molar-refractivity contribution is 7.13. The van der Waals surface area contributed by atoms with Gasteiger partial charge in [-0.15, -0.1) is 11.3 Å². The lowest BCUT2D eigenvalue weighted by Crippen LogP contribution is -2.18. The molecule has 2 amide bonds. The third-order valence-corrected chi connectivity index (χ3v) is 3.89. The van der Waals surface area contributed by atoms with Gasteiger partial charge in [-0.25, -0.2) is 4.98 Å². The maximum Gasteiger partial charge on any atom is 0.275 e. The zero-order chi connectivity index (χ0) is 16.2. The van der Waals surface area contributed by atoms with Crippen LogP contribution >= 0.6 is 11.3 Å². The summed E-state index contributed by atoms with van der Waals surface area (Å²) in [7, 11) is 0. The molecule has 3 N–H and O–H groups in total. The van der Waals surface area contributed by atoms with Gasteiger partial charge in [0.25, 0.3) is 11.8 Å². The van der Waals surface area contributed by atoms with Gasteiger partial charge in [-0.2, -0.15) is 0 Å². The van der Waals surface area contributed by atoms with Crippen LogP contribution in [0, 0.1) is 0 Å². The predicted octanol–water partition coefficient (Wildman–Crippen LogP) is 1.95. The Morgan fingerprint density at radius 1 is 1.09 bits per heavy atom. The lowest BCUT2D eigenvalue weighted by Gasteiger charge is -2.06. The fourth-order valence-electron chi connectivity index (χ4n) is 1.90. The van der Waals surface area contributed by atoms with Crippen LogP contribution in [0.25, 0.3) is 10.6 Å². The molecule has 8 heteroatoms. The Morgan fingerprint density at radius 2 is 1.83 bits per heavy atom. The van der Waals surface area contributed by atoms with Gasteiger partial charge in [0.1, 0.15) is 10.7 Å². The first-order chi connectivity index (χ1) is 11.1. The molecule has 3 heterocycles. The van der Waals surface area contributed by atoms with E-state index in [1.807, 2.05) is 12.1 Å². The molecule has 3 rings (SSSR count). The lowest BCUT2D eigenvalue weighted by molar-refractivity contribution is 0.100. The Labute approximate surface area is 135 Å². The summed E-state index contributed by atoms with van der Waals surface area (Å²) < 4.78 is 0. The SMILES string of the molecule is NC(=O)c1ccncc1NC(=O)c1csc(-c2ccncc2)n1. The van der Waals surface area contributed by atoms with E-state index in [0.717, 1.165) is 5.56 Å². The van der Waals surface area contributed by atoms with Crippen LogP contribution in [0.4, 0.5) is 5.69 Å². The number of thiazole rings is 1. The van der Waals surface area contributed by atoms with Crippen molar-refractivity contribution < 1.29 is 9.59 Å². The normalized spacial score (nSPS) is 10.3. The zero-order valence-electron chi connectivity index (χ0n) is 11.8. The molecule has 3 aromatic heterocycles. The fraction of sp³-hybridized carbons (Fsp3) is 0. The molecule has 0 fully saturated rings. The Balaban J connectivity index is 1.83. The summed E-state index contributed by atoms with van der Waals surface area (Å²) in [4.78, 5) is 35.7. The number of aromatic nitrogens is 3. The van der Waals surface area contributed by atoms with Crippen LogP contribution in [0.3, 0.4) is 0 Å². The Hall–Kier alpha value is -3.13. The zero-order valence-corrected chi connectivity index (χ0v) is 12.6. The van der Waals surface area contributed by atoms with Crippen LogP contribution in [-0.2, 0) is 0 Å². The van der Waals surface area contributed by atoms with Crippen LogP contribution in [-0.4, -0.2) is 26.8 Å². The maximum atomic E-state index is 12.3. The van der Waals surface area contributed by atoms with Crippen molar-refractivity contribution in [2.75, 3.05) is 5.32 Å². The molecule has 0 saturated heterocycles. The van der Waals surface area contributed by atoms with Gasteiger partial charge in [-0.05, 0) is 18.2 Å². The number of nitrogens with one attached hydrogen (secondary N) is 1. The van der Waals surface area contributed by atoms with Crippen molar-refractivity contribution in [2.24, 2.45) is 5.73 Å². The highest BCUT2D eigenvalue weighted by atomic mass is 32.1. The van der Waals surface area contributed by atoms with Crippen molar-refractivity contribution in [3.63, 3.8) is 0 Å². The number of rotatable bonds is 4. The van der Waals surface area contributed by atoms with Gasteiger partial charge in [-0.3, -0.25) is 19.6 Å². The molecule has 0 bridgehead atoms. The summed E-state index contributed by atoms with van der Waals surface area (Å²) in [5.41, 5.74) is 6.85.